The molecule has 1 amide bonds. The molecule has 1 aromatic heterocycles. The molecule has 2 aromatic rings. The second kappa shape index (κ2) is 5.16. The Labute approximate surface area is 121 Å². The number of anilines is 2. The lowest BCUT2D eigenvalue weighted by Gasteiger charge is -2.08. The SMILES string of the molecule is Cn1cc(N)cc1C(=O)Nc1ccc(Br)cc1Br. The summed E-state index contributed by atoms with van der Waals surface area (Å²) < 4.78 is 3.44. The first-order chi connectivity index (χ1) is 8.47. The first kappa shape index (κ1) is 13.2. The van der Waals surface area contributed by atoms with Crippen LogP contribution in [0.5, 0.6) is 0 Å². The van der Waals surface area contributed by atoms with E-state index in [4.69, 9.17) is 5.73 Å². The molecule has 0 aliphatic carbocycles. The molecule has 3 N–H and O–H groups in total. The zero-order valence-electron chi connectivity index (χ0n) is 9.58. The summed E-state index contributed by atoms with van der Waals surface area (Å²) in [5.41, 5.74) is 7.44. The zero-order chi connectivity index (χ0) is 13.3. The highest BCUT2D eigenvalue weighted by atomic mass is 79.9. The van der Waals surface area contributed by atoms with E-state index in [9.17, 15) is 4.79 Å². The number of benzene rings is 1. The number of halogens is 2. The minimum absolute atomic E-state index is 0.197. The standard InChI is InChI=1S/C12H11Br2N3O/c1-17-6-8(15)5-11(17)12(18)16-10-3-2-7(13)4-9(10)14/h2-6H,15H2,1H3,(H,16,18). The second-order valence-corrected chi connectivity index (χ2v) is 5.62. The Kier molecular flexibility index (Phi) is 3.77. The highest BCUT2D eigenvalue weighted by Crippen LogP contribution is 2.26. The van der Waals surface area contributed by atoms with E-state index in [1.54, 1.807) is 23.9 Å². The topological polar surface area (TPSA) is 60.0 Å². The van der Waals surface area contributed by atoms with E-state index >= 15 is 0 Å². The van der Waals surface area contributed by atoms with Crippen LogP contribution in [0.15, 0.2) is 39.4 Å². The number of amides is 1. The maximum Gasteiger partial charge on any atom is 0.272 e. The lowest BCUT2D eigenvalue weighted by Crippen LogP contribution is -2.15. The number of hydrogen-bond acceptors (Lipinski definition) is 2. The van der Waals surface area contributed by atoms with Crippen LogP contribution in [0.25, 0.3) is 0 Å². The van der Waals surface area contributed by atoms with Crippen molar-refractivity contribution in [2.75, 3.05) is 11.1 Å². The van der Waals surface area contributed by atoms with Gasteiger partial charge in [0.25, 0.3) is 5.91 Å². The normalized spacial score (nSPS) is 10.4. The third-order valence-electron chi connectivity index (χ3n) is 2.44. The van der Waals surface area contributed by atoms with Crippen molar-refractivity contribution in [3.8, 4) is 0 Å². The maximum absolute atomic E-state index is 12.1. The summed E-state index contributed by atoms with van der Waals surface area (Å²) in [7, 11) is 1.78. The summed E-state index contributed by atoms with van der Waals surface area (Å²) in [6.45, 7) is 0. The fourth-order valence-corrected chi connectivity index (χ4v) is 2.74. The van der Waals surface area contributed by atoms with Crippen LogP contribution in [-0.2, 0) is 7.05 Å². The molecule has 0 aliphatic heterocycles. The molecular formula is C12H11Br2N3O. The Morgan fingerprint density at radius 2 is 2.06 bits per heavy atom. The summed E-state index contributed by atoms with van der Waals surface area (Å²) in [6.07, 6.45) is 1.70. The number of nitrogens with two attached hydrogens (primary N) is 1. The van der Waals surface area contributed by atoms with Crippen molar-refractivity contribution in [3.05, 3.63) is 45.1 Å². The molecule has 1 aromatic carbocycles. The fourth-order valence-electron chi connectivity index (χ4n) is 1.59. The van der Waals surface area contributed by atoms with Gasteiger partial charge in [-0.3, -0.25) is 4.79 Å². The average molecular weight is 373 g/mol. The van der Waals surface area contributed by atoms with Gasteiger partial charge >= 0.3 is 0 Å². The predicted molar refractivity (Wildman–Crippen MR) is 79.6 cm³/mol. The van der Waals surface area contributed by atoms with Crippen LogP contribution in [0.4, 0.5) is 11.4 Å². The molecule has 6 heteroatoms. The minimum atomic E-state index is -0.197. The summed E-state index contributed by atoms with van der Waals surface area (Å²) in [5.74, 6) is -0.197. The molecule has 4 nitrogen and oxygen atoms in total. The summed E-state index contributed by atoms with van der Waals surface area (Å²) in [6, 6.07) is 7.19. The first-order valence-corrected chi connectivity index (χ1v) is 6.74. The molecule has 0 atom stereocenters. The van der Waals surface area contributed by atoms with E-state index in [1.807, 2.05) is 18.2 Å². The van der Waals surface area contributed by atoms with Crippen molar-refractivity contribution in [2.45, 2.75) is 0 Å². The molecule has 94 valence electrons. The van der Waals surface area contributed by atoms with E-state index in [2.05, 4.69) is 37.2 Å². The molecule has 1 heterocycles. The molecule has 18 heavy (non-hydrogen) atoms. The van der Waals surface area contributed by atoms with Crippen LogP contribution in [0.2, 0.25) is 0 Å². The van der Waals surface area contributed by atoms with Gasteiger partial charge in [-0.15, -0.1) is 0 Å². The van der Waals surface area contributed by atoms with Gasteiger partial charge in [-0.05, 0) is 40.2 Å². The molecule has 0 aliphatic rings. The summed E-state index contributed by atoms with van der Waals surface area (Å²) >= 11 is 6.75. The van der Waals surface area contributed by atoms with Crippen molar-refractivity contribution in [1.29, 1.82) is 0 Å². The highest BCUT2D eigenvalue weighted by molar-refractivity contribution is 9.11. The van der Waals surface area contributed by atoms with Gasteiger partial charge in [0.1, 0.15) is 5.69 Å². The number of aryl methyl sites for hydroxylation is 1. The molecule has 2 rings (SSSR count). The zero-order valence-corrected chi connectivity index (χ0v) is 12.7. The maximum atomic E-state index is 12.1. The Morgan fingerprint density at radius 1 is 1.33 bits per heavy atom. The predicted octanol–water partition coefficient (Wildman–Crippen LogP) is 3.38. The molecule has 0 saturated carbocycles. The van der Waals surface area contributed by atoms with Gasteiger partial charge in [-0.2, -0.15) is 0 Å². The number of carbonyl (C=O) groups excluding carboxylic acids is 1. The number of nitrogen functional groups attached to an aromatic ring is 1. The van der Waals surface area contributed by atoms with Crippen molar-refractivity contribution in [2.24, 2.45) is 7.05 Å². The van der Waals surface area contributed by atoms with Crippen LogP contribution in [0.1, 0.15) is 10.5 Å². The average Bonchev–Trinajstić information content (AvgIpc) is 2.62. The fraction of sp³-hybridized carbons (Fsp3) is 0.0833. The van der Waals surface area contributed by atoms with Crippen LogP contribution >= 0.6 is 31.9 Å². The first-order valence-electron chi connectivity index (χ1n) is 5.15. The summed E-state index contributed by atoms with van der Waals surface area (Å²) in [5, 5.41) is 2.82. The quantitative estimate of drug-likeness (QED) is 0.848. The number of nitrogens with zero attached hydrogens (tertiary/aromatic N) is 1. The lowest BCUT2D eigenvalue weighted by atomic mass is 10.3. The molecule has 0 fully saturated rings. The summed E-state index contributed by atoms with van der Waals surface area (Å²) in [4.78, 5) is 12.1. The van der Waals surface area contributed by atoms with Crippen molar-refractivity contribution in [1.82, 2.24) is 4.57 Å². The van der Waals surface area contributed by atoms with E-state index < -0.39 is 0 Å². The highest BCUT2D eigenvalue weighted by Gasteiger charge is 2.12. The van der Waals surface area contributed by atoms with Crippen molar-refractivity contribution in [3.63, 3.8) is 0 Å². The largest absolute Gasteiger partial charge is 0.397 e. The molecule has 0 radical (unpaired) electrons. The molecule has 0 spiro atoms. The number of rotatable bonds is 2. The minimum Gasteiger partial charge on any atom is -0.397 e. The van der Waals surface area contributed by atoms with Gasteiger partial charge in [-0.1, -0.05) is 15.9 Å². The van der Waals surface area contributed by atoms with Gasteiger partial charge < -0.3 is 15.6 Å². The number of aromatic nitrogens is 1. The Morgan fingerprint density at radius 3 is 2.61 bits per heavy atom. The smallest absolute Gasteiger partial charge is 0.272 e. The second-order valence-electron chi connectivity index (χ2n) is 3.85. The molecular weight excluding hydrogens is 362 g/mol. The Bertz CT molecular complexity index is 607. The molecule has 0 saturated heterocycles. The van der Waals surface area contributed by atoms with Crippen LogP contribution < -0.4 is 11.1 Å². The third-order valence-corrected chi connectivity index (χ3v) is 3.59. The number of nitrogens with one attached hydrogen (secondary N) is 1. The van der Waals surface area contributed by atoms with E-state index in [0.717, 1.165) is 8.95 Å². The van der Waals surface area contributed by atoms with Crippen LogP contribution in [-0.4, -0.2) is 10.5 Å². The molecule has 0 bridgehead atoms. The van der Waals surface area contributed by atoms with Gasteiger partial charge in [-0.25, -0.2) is 0 Å². The van der Waals surface area contributed by atoms with E-state index in [1.165, 1.54) is 0 Å². The Balaban J connectivity index is 2.24. The van der Waals surface area contributed by atoms with Gasteiger partial charge in [0.2, 0.25) is 0 Å². The molecule has 0 unspecified atom stereocenters. The van der Waals surface area contributed by atoms with Gasteiger partial charge in [0.05, 0.1) is 11.4 Å². The van der Waals surface area contributed by atoms with Gasteiger partial charge in [0, 0.05) is 22.2 Å². The van der Waals surface area contributed by atoms with Crippen LogP contribution in [0, 0.1) is 0 Å². The van der Waals surface area contributed by atoms with Crippen LogP contribution in [0.3, 0.4) is 0 Å². The van der Waals surface area contributed by atoms with E-state index in [0.29, 0.717) is 17.1 Å². The monoisotopic (exact) mass is 371 g/mol. The number of hydrogen-bond donors (Lipinski definition) is 2. The van der Waals surface area contributed by atoms with Crippen molar-refractivity contribution < 1.29 is 4.79 Å². The number of carbonyl (C=O) groups is 1. The van der Waals surface area contributed by atoms with E-state index in [-0.39, 0.29) is 5.91 Å². The van der Waals surface area contributed by atoms with Gasteiger partial charge in [0.15, 0.2) is 0 Å². The van der Waals surface area contributed by atoms with Crippen molar-refractivity contribution >= 4 is 49.1 Å². The lowest BCUT2D eigenvalue weighted by molar-refractivity contribution is 0.101. The Hall–Kier alpha value is -1.27. The third kappa shape index (κ3) is 2.76.